The largest absolute Gasteiger partial charge is 0.397 e. The molecule has 4 N–H and O–H groups in total. The molecule has 8 nitrogen and oxygen atoms in total. The molecule has 3 rings (SSSR count). The molecular formula is C12H10N8. The van der Waals surface area contributed by atoms with Gasteiger partial charge in [0.05, 0.1) is 23.8 Å². The van der Waals surface area contributed by atoms with Crippen molar-refractivity contribution in [1.82, 2.24) is 30.4 Å². The van der Waals surface area contributed by atoms with Crippen LogP contribution in [0.4, 0.5) is 11.4 Å². The Hall–Kier alpha value is -3.16. The zero-order valence-corrected chi connectivity index (χ0v) is 10.3. The quantitative estimate of drug-likeness (QED) is 0.688. The van der Waals surface area contributed by atoms with Crippen molar-refractivity contribution < 1.29 is 0 Å². The normalized spacial score (nSPS) is 10.4. The number of nitrogen functional groups attached to an aromatic ring is 2. The van der Waals surface area contributed by atoms with Crippen LogP contribution in [0.5, 0.6) is 0 Å². The maximum Gasteiger partial charge on any atom is 0.221 e. The lowest BCUT2D eigenvalue weighted by atomic mass is 10.3. The standard InChI is InChI=1S/C12H10N8/c13-7-1-3-9(15-5-7)11-17-19-12(20-18-11)10-4-2-8(14)6-16-10/h1-6H,13-14H2. The second kappa shape index (κ2) is 4.84. The van der Waals surface area contributed by atoms with E-state index in [2.05, 4.69) is 30.4 Å². The predicted molar refractivity (Wildman–Crippen MR) is 72.9 cm³/mol. The van der Waals surface area contributed by atoms with Crippen molar-refractivity contribution in [3.63, 3.8) is 0 Å². The third kappa shape index (κ3) is 2.34. The fourth-order valence-corrected chi connectivity index (χ4v) is 1.51. The Bertz CT molecular complexity index is 641. The number of rotatable bonds is 2. The highest BCUT2D eigenvalue weighted by Crippen LogP contribution is 2.14. The van der Waals surface area contributed by atoms with E-state index < -0.39 is 0 Å². The van der Waals surface area contributed by atoms with Crippen molar-refractivity contribution in [2.45, 2.75) is 0 Å². The number of anilines is 2. The van der Waals surface area contributed by atoms with E-state index in [-0.39, 0.29) is 0 Å². The smallest absolute Gasteiger partial charge is 0.221 e. The molecule has 0 aliphatic carbocycles. The molecule has 0 saturated carbocycles. The molecular weight excluding hydrogens is 256 g/mol. The monoisotopic (exact) mass is 266 g/mol. The molecule has 0 saturated heterocycles. The Morgan fingerprint density at radius 2 is 1.00 bits per heavy atom. The third-order valence-electron chi connectivity index (χ3n) is 2.51. The van der Waals surface area contributed by atoms with Crippen molar-refractivity contribution in [2.24, 2.45) is 0 Å². The van der Waals surface area contributed by atoms with Crippen LogP contribution in [0.2, 0.25) is 0 Å². The minimum absolute atomic E-state index is 0.323. The average molecular weight is 266 g/mol. The summed E-state index contributed by atoms with van der Waals surface area (Å²) >= 11 is 0. The van der Waals surface area contributed by atoms with Gasteiger partial charge in [0.2, 0.25) is 11.6 Å². The Kier molecular flexibility index (Phi) is 2.88. The second-order valence-corrected chi connectivity index (χ2v) is 4.00. The van der Waals surface area contributed by atoms with Crippen LogP contribution < -0.4 is 11.5 Å². The van der Waals surface area contributed by atoms with Crippen LogP contribution in [0.15, 0.2) is 36.7 Å². The molecule has 3 aromatic heterocycles. The highest BCUT2D eigenvalue weighted by atomic mass is 15.3. The minimum atomic E-state index is 0.323. The van der Waals surface area contributed by atoms with Gasteiger partial charge in [0.1, 0.15) is 11.4 Å². The van der Waals surface area contributed by atoms with Crippen molar-refractivity contribution in [3.05, 3.63) is 36.7 Å². The molecule has 0 amide bonds. The molecule has 0 radical (unpaired) electrons. The van der Waals surface area contributed by atoms with Gasteiger partial charge in [0.15, 0.2) is 0 Å². The Labute approximate surface area is 113 Å². The first kappa shape index (κ1) is 11.9. The van der Waals surface area contributed by atoms with Crippen molar-refractivity contribution >= 4 is 11.4 Å². The summed E-state index contributed by atoms with van der Waals surface area (Å²) in [6.45, 7) is 0. The van der Waals surface area contributed by atoms with Crippen LogP contribution in [-0.4, -0.2) is 30.4 Å². The zero-order chi connectivity index (χ0) is 13.9. The van der Waals surface area contributed by atoms with Gasteiger partial charge in [-0.15, -0.1) is 20.4 Å². The van der Waals surface area contributed by atoms with Crippen molar-refractivity contribution in [3.8, 4) is 23.0 Å². The molecule has 0 spiro atoms. The van der Waals surface area contributed by atoms with Crippen LogP contribution >= 0.6 is 0 Å². The molecule has 0 aliphatic rings. The predicted octanol–water partition coefficient (Wildman–Crippen LogP) is 0.555. The first-order valence-corrected chi connectivity index (χ1v) is 5.73. The lowest BCUT2D eigenvalue weighted by Gasteiger charge is -2.00. The summed E-state index contributed by atoms with van der Waals surface area (Å²) in [5.74, 6) is 0.647. The first-order chi connectivity index (χ1) is 9.72. The zero-order valence-electron chi connectivity index (χ0n) is 10.3. The summed E-state index contributed by atoms with van der Waals surface area (Å²) < 4.78 is 0. The van der Waals surface area contributed by atoms with Crippen molar-refractivity contribution in [1.29, 1.82) is 0 Å². The number of hydrogen-bond acceptors (Lipinski definition) is 8. The molecule has 3 aromatic rings. The highest BCUT2D eigenvalue weighted by molar-refractivity contribution is 5.54. The SMILES string of the molecule is Nc1ccc(-c2nnc(-c3ccc(N)cn3)nn2)nc1. The number of nitrogens with two attached hydrogens (primary N) is 2. The van der Waals surface area contributed by atoms with Gasteiger partial charge in [-0.05, 0) is 24.3 Å². The van der Waals surface area contributed by atoms with Gasteiger partial charge in [-0.1, -0.05) is 0 Å². The fourth-order valence-electron chi connectivity index (χ4n) is 1.51. The topological polar surface area (TPSA) is 129 Å². The molecule has 20 heavy (non-hydrogen) atoms. The third-order valence-corrected chi connectivity index (χ3v) is 2.51. The lowest BCUT2D eigenvalue weighted by molar-refractivity contribution is 0.865. The number of hydrogen-bond donors (Lipinski definition) is 2. The van der Waals surface area contributed by atoms with Gasteiger partial charge < -0.3 is 11.5 Å². The first-order valence-electron chi connectivity index (χ1n) is 5.73. The van der Waals surface area contributed by atoms with E-state index in [9.17, 15) is 0 Å². The second-order valence-electron chi connectivity index (χ2n) is 4.00. The van der Waals surface area contributed by atoms with Gasteiger partial charge in [-0.25, -0.2) is 0 Å². The van der Waals surface area contributed by atoms with Crippen LogP contribution in [0, 0.1) is 0 Å². The van der Waals surface area contributed by atoms with Gasteiger partial charge >= 0.3 is 0 Å². The summed E-state index contributed by atoms with van der Waals surface area (Å²) in [6.07, 6.45) is 3.04. The average Bonchev–Trinajstić information content (AvgIpc) is 2.49. The van der Waals surface area contributed by atoms with E-state index in [0.717, 1.165) is 0 Å². The van der Waals surface area contributed by atoms with Crippen LogP contribution in [0.3, 0.4) is 0 Å². The summed E-state index contributed by atoms with van der Waals surface area (Å²) in [7, 11) is 0. The molecule has 8 heteroatoms. The van der Waals surface area contributed by atoms with E-state index in [1.165, 1.54) is 12.4 Å². The molecule has 0 fully saturated rings. The van der Waals surface area contributed by atoms with E-state index in [1.807, 2.05) is 0 Å². The molecule has 0 unspecified atom stereocenters. The number of aromatic nitrogens is 6. The summed E-state index contributed by atoms with van der Waals surface area (Å²) in [5, 5.41) is 15.9. The maximum absolute atomic E-state index is 5.56. The van der Waals surface area contributed by atoms with Crippen LogP contribution in [0.25, 0.3) is 23.0 Å². The molecule has 3 heterocycles. The van der Waals surface area contributed by atoms with Crippen molar-refractivity contribution in [2.75, 3.05) is 11.5 Å². The van der Waals surface area contributed by atoms with Gasteiger partial charge in [0.25, 0.3) is 0 Å². The fraction of sp³-hybridized carbons (Fsp3) is 0. The van der Waals surface area contributed by atoms with E-state index in [1.54, 1.807) is 24.3 Å². The Balaban J connectivity index is 1.91. The van der Waals surface area contributed by atoms with E-state index >= 15 is 0 Å². The minimum Gasteiger partial charge on any atom is -0.397 e. The van der Waals surface area contributed by atoms with Gasteiger partial charge in [-0.3, -0.25) is 9.97 Å². The summed E-state index contributed by atoms with van der Waals surface area (Å²) in [4.78, 5) is 8.20. The molecule has 0 bridgehead atoms. The van der Waals surface area contributed by atoms with E-state index in [4.69, 9.17) is 11.5 Å². The van der Waals surface area contributed by atoms with Crippen LogP contribution in [0.1, 0.15) is 0 Å². The number of nitrogens with zero attached hydrogens (tertiary/aromatic N) is 6. The molecule has 98 valence electrons. The highest BCUT2D eigenvalue weighted by Gasteiger charge is 2.08. The summed E-state index contributed by atoms with van der Waals surface area (Å²) in [6, 6.07) is 6.83. The van der Waals surface area contributed by atoms with Crippen LogP contribution in [-0.2, 0) is 0 Å². The van der Waals surface area contributed by atoms with E-state index in [0.29, 0.717) is 34.4 Å². The summed E-state index contributed by atoms with van der Waals surface area (Å²) in [5.41, 5.74) is 13.4. The van der Waals surface area contributed by atoms with Gasteiger partial charge in [0, 0.05) is 0 Å². The lowest BCUT2D eigenvalue weighted by Crippen LogP contribution is -2.01. The Morgan fingerprint density at radius 3 is 1.30 bits per heavy atom. The Morgan fingerprint density at radius 1 is 0.600 bits per heavy atom. The molecule has 0 aromatic carbocycles. The molecule has 0 atom stereocenters. The van der Waals surface area contributed by atoms with Gasteiger partial charge in [-0.2, -0.15) is 0 Å². The maximum atomic E-state index is 5.56. The molecule has 0 aliphatic heterocycles. The number of pyridine rings is 2.